The number of amides is 1. The number of methoxy groups -OCH3 is 2. The number of carbonyl (C=O) groups excluding carboxylic acids is 1. The lowest BCUT2D eigenvalue weighted by Crippen LogP contribution is -2.45. The van der Waals surface area contributed by atoms with Crippen LogP contribution in [0, 0.1) is 0 Å². The number of hydrogen-bond donors (Lipinski definition) is 0. The molecule has 0 aliphatic carbocycles. The maximum absolute atomic E-state index is 13.0. The van der Waals surface area contributed by atoms with E-state index in [0.29, 0.717) is 25.1 Å². The molecule has 1 atom stereocenters. The Morgan fingerprint density at radius 2 is 1.96 bits per heavy atom. The van der Waals surface area contributed by atoms with Crippen LogP contribution >= 0.6 is 0 Å². The van der Waals surface area contributed by atoms with E-state index >= 15 is 0 Å². The molecule has 1 aliphatic heterocycles. The van der Waals surface area contributed by atoms with Crippen molar-refractivity contribution in [1.82, 2.24) is 9.21 Å². The lowest BCUT2D eigenvalue weighted by atomic mass is 10.2. The summed E-state index contributed by atoms with van der Waals surface area (Å²) >= 11 is 0. The van der Waals surface area contributed by atoms with E-state index in [1.807, 2.05) is 0 Å². The second-order valence-corrected chi connectivity index (χ2v) is 7.38. The van der Waals surface area contributed by atoms with Gasteiger partial charge in [-0.15, -0.1) is 0 Å². The highest BCUT2D eigenvalue weighted by Gasteiger charge is 2.41. The van der Waals surface area contributed by atoms with Gasteiger partial charge in [0.2, 0.25) is 15.9 Å². The van der Waals surface area contributed by atoms with Crippen LogP contribution in [0.15, 0.2) is 23.1 Å². The quantitative estimate of drug-likeness (QED) is 0.796. The van der Waals surface area contributed by atoms with Crippen molar-refractivity contribution in [3.05, 3.63) is 18.2 Å². The zero-order chi connectivity index (χ0) is 17.2. The molecular weight excluding hydrogens is 320 g/mol. The van der Waals surface area contributed by atoms with E-state index in [2.05, 4.69) is 0 Å². The van der Waals surface area contributed by atoms with Crippen LogP contribution in [0.1, 0.15) is 12.8 Å². The first kappa shape index (κ1) is 17.6. The smallest absolute Gasteiger partial charge is 0.247 e. The molecule has 23 heavy (non-hydrogen) atoms. The Bertz CT molecular complexity index is 687. The average molecular weight is 342 g/mol. The van der Waals surface area contributed by atoms with Crippen molar-refractivity contribution in [3.8, 4) is 11.5 Å². The predicted octanol–water partition coefficient (Wildman–Crippen LogP) is 0.945. The number of sulfonamides is 1. The molecule has 0 unspecified atom stereocenters. The van der Waals surface area contributed by atoms with Crippen molar-refractivity contribution in [2.75, 3.05) is 34.9 Å². The van der Waals surface area contributed by atoms with Crippen molar-refractivity contribution < 1.29 is 22.7 Å². The molecule has 128 valence electrons. The van der Waals surface area contributed by atoms with E-state index in [-0.39, 0.29) is 16.6 Å². The maximum atomic E-state index is 13.0. The number of benzene rings is 1. The topological polar surface area (TPSA) is 76.1 Å². The third-order valence-corrected chi connectivity index (χ3v) is 5.82. The minimum Gasteiger partial charge on any atom is -0.497 e. The Balaban J connectivity index is 2.47. The Labute approximate surface area is 136 Å². The Hall–Kier alpha value is -1.80. The van der Waals surface area contributed by atoms with Crippen molar-refractivity contribution in [3.63, 3.8) is 0 Å². The summed E-state index contributed by atoms with van der Waals surface area (Å²) in [5.41, 5.74) is 0. The van der Waals surface area contributed by atoms with Gasteiger partial charge in [-0.2, -0.15) is 4.31 Å². The van der Waals surface area contributed by atoms with Crippen molar-refractivity contribution in [1.29, 1.82) is 0 Å². The molecular formula is C15H22N2O5S. The molecule has 0 spiro atoms. The molecule has 0 bridgehead atoms. The molecule has 8 heteroatoms. The van der Waals surface area contributed by atoms with Gasteiger partial charge >= 0.3 is 0 Å². The second kappa shape index (κ2) is 6.76. The van der Waals surface area contributed by atoms with Crippen LogP contribution in [0.2, 0.25) is 0 Å². The second-order valence-electron chi connectivity index (χ2n) is 5.52. The number of rotatable bonds is 5. The molecule has 0 radical (unpaired) electrons. The normalized spacial score (nSPS) is 18.7. The molecule has 0 saturated carbocycles. The third kappa shape index (κ3) is 3.28. The van der Waals surface area contributed by atoms with E-state index < -0.39 is 16.1 Å². The number of ether oxygens (including phenoxy) is 2. The van der Waals surface area contributed by atoms with E-state index in [4.69, 9.17) is 9.47 Å². The number of likely N-dealkylation sites (N-methyl/N-ethyl adjacent to an activating group) is 1. The van der Waals surface area contributed by atoms with Gasteiger partial charge in [-0.25, -0.2) is 8.42 Å². The molecule has 0 aromatic heterocycles. The van der Waals surface area contributed by atoms with Crippen LogP contribution in [0.4, 0.5) is 0 Å². The van der Waals surface area contributed by atoms with Crippen LogP contribution in [-0.4, -0.2) is 64.4 Å². The van der Waals surface area contributed by atoms with Crippen molar-refractivity contribution >= 4 is 15.9 Å². The van der Waals surface area contributed by atoms with Gasteiger partial charge in [-0.3, -0.25) is 4.79 Å². The molecule has 1 fully saturated rings. The summed E-state index contributed by atoms with van der Waals surface area (Å²) in [6, 6.07) is 3.92. The van der Waals surface area contributed by atoms with E-state index in [1.54, 1.807) is 26.2 Å². The fourth-order valence-corrected chi connectivity index (χ4v) is 4.51. The predicted molar refractivity (Wildman–Crippen MR) is 85.2 cm³/mol. The number of hydrogen-bond acceptors (Lipinski definition) is 5. The SMILES string of the molecule is COc1ccc(OC)c(S(=O)(=O)N2CCC[C@H]2C(=O)N(C)C)c1. The van der Waals surface area contributed by atoms with E-state index in [0.717, 1.165) is 0 Å². The van der Waals surface area contributed by atoms with Gasteiger partial charge in [-0.05, 0) is 25.0 Å². The van der Waals surface area contributed by atoms with E-state index in [1.165, 1.54) is 29.5 Å². The lowest BCUT2D eigenvalue weighted by molar-refractivity contribution is -0.132. The Morgan fingerprint density at radius 1 is 1.26 bits per heavy atom. The Morgan fingerprint density at radius 3 is 2.52 bits per heavy atom. The minimum absolute atomic E-state index is 0.0119. The molecule has 1 amide bonds. The largest absolute Gasteiger partial charge is 0.497 e. The van der Waals surface area contributed by atoms with Crippen molar-refractivity contribution in [2.24, 2.45) is 0 Å². The van der Waals surface area contributed by atoms with Gasteiger partial charge in [0.1, 0.15) is 22.4 Å². The molecule has 1 heterocycles. The fraction of sp³-hybridized carbons (Fsp3) is 0.533. The summed E-state index contributed by atoms with van der Waals surface area (Å²) in [7, 11) is 2.26. The van der Waals surface area contributed by atoms with Crippen molar-refractivity contribution in [2.45, 2.75) is 23.8 Å². The first-order valence-corrected chi connectivity index (χ1v) is 8.72. The van der Waals surface area contributed by atoms with Gasteiger partial charge in [0, 0.05) is 26.7 Å². The molecule has 1 aromatic rings. The highest BCUT2D eigenvalue weighted by molar-refractivity contribution is 7.89. The van der Waals surface area contributed by atoms with Gasteiger partial charge in [0.25, 0.3) is 0 Å². The van der Waals surface area contributed by atoms with Crippen LogP contribution in [-0.2, 0) is 14.8 Å². The monoisotopic (exact) mass is 342 g/mol. The summed E-state index contributed by atoms with van der Waals surface area (Å²) in [6.07, 6.45) is 1.16. The zero-order valence-electron chi connectivity index (χ0n) is 13.8. The van der Waals surface area contributed by atoms with Gasteiger partial charge in [0.15, 0.2) is 0 Å². The average Bonchev–Trinajstić information content (AvgIpc) is 3.03. The lowest BCUT2D eigenvalue weighted by Gasteiger charge is -2.26. The fourth-order valence-electron chi connectivity index (χ4n) is 2.68. The summed E-state index contributed by atoms with van der Waals surface area (Å²) in [6.45, 7) is 0.312. The Kier molecular flexibility index (Phi) is 5.16. The van der Waals surface area contributed by atoms with Crippen LogP contribution in [0.3, 0.4) is 0 Å². The highest BCUT2D eigenvalue weighted by atomic mass is 32.2. The van der Waals surface area contributed by atoms with E-state index in [9.17, 15) is 13.2 Å². The summed E-state index contributed by atoms with van der Waals surface area (Å²) in [5.74, 6) is 0.431. The van der Waals surface area contributed by atoms with Crippen LogP contribution in [0.25, 0.3) is 0 Å². The first-order valence-electron chi connectivity index (χ1n) is 7.28. The van der Waals surface area contributed by atoms with Gasteiger partial charge in [0.05, 0.1) is 14.2 Å². The summed E-state index contributed by atoms with van der Waals surface area (Å²) in [4.78, 5) is 13.7. The first-order chi connectivity index (χ1) is 10.8. The van der Waals surface area contributed by atoms with Gasteiger partial charge < -0.3 is 14.4 Å². The molecule has 0 N–H and O–H groups in total. The highest BCUT2D eigenvalue weighted by Crippen LogP contribution is 2.34. The number of nitrogens with zero attached hydrogens (tertiary/aromatic N) is 2. The molecule has 7 nitrogen and oxygen atoms in total. The minimum atomic E-state index is -3.86. The molecule has 1 aliphatic rings. The number of carbonyl (C=O) groups is 1. The summed E-state index contributed by atoms with van der Waals surface area (Å²) < 4.78 is 37.6. The zero-order valence-corrected chi connectivity index (χ0v) is 14.6. The molecule has 1 saturated heterocycles. The molecule has 2 rings (SSSR count). The van der Waals surface area contributed by atoms with Crippen LogP contribution < -0.4 is 9.47 Å². The van der Waals surface area contributed by atoms with Crippen LogP contribution in [0.5, 0.6) is 11.5 Å². The van der Waals surface area contributed by atoms with Gasteiger partial charge in [-0.1, -0.05) is 0 Å². The third-order valence-electron chi connectivity index (χ3n) is 3.89. The maximum Gasteiger partial charge on any atom is 0.247 e. The standard InChI is InChI=1S/C15H22N2O5S/c1-16(2)15(18)12-6-5-9-17(12)23(19,20)14-10-11(21-3)7-8-13(14)22-4/h7-8,10,12H,5-6,9H2,1-4H3/t12-/m0/s1. The summed E-state index contributed by atoms with van der Waals surface area (Å²) in [5, 5.41) is 0. The molecule has 1 aromatic carbocycles.